The molecule has 0 aromatic rings. The number of carbonyl (C=O) groups is 3. The number of nitrogens with zero attached hydrogens (tertiary/aromatic N) is 2. The molecule has 0 spiro atoms. The average molecular weight is 214 g/mol. The maximum absolute atomic E-state index is 11.7. The summed E-state index contributed by atoms with van der Waals surface area (Å²) in [6, 6.07) is -0.439. The summed E-state index contributed by atoms with van der Waals surface area (Å²) in [7, 11) is 1.53. The van der Waals surface area contributed by atoms with E-state index in [9.17, 15) is 14.4 Å². The van der Waals surface area contributed by atoms with Gasteiger partial charge < -0.3 is 10.0 Å². The minimum Gasteiger partial charge on any atom is -0.481 e. The largest absolute Gasteiger partial charge is 0.481 e. The van der Waals surface area contributed by atoms with Crippen LogP contribution in [0, 0.1) is 0 Å². The van der Waals surface area contributed by atoms with Crippen LogP contribution in [0.1, 0.15) is 20.3 Å². The van der Waals surface area contributed by atoms with Crippen LogP contribution in [0.15, 0.2) is 0 Å². The second-order valence-electron chi connectivity index (χ2n) is 4.00. The lowest BCUT2D eigenvalue weighted by molar-refractivity contribution is -0.138. The van der Waals surface area contributed by atoms with Crippen molar-refractivity contribution in [3.63, 3.8) is 0 Å². The van der Waals surface area contributed by atoms with Crippen molar-refractivity contribution in [2.24, 2.45) is 0 Å². The Morgan fingerprint density at radius 1 is 1.40 bits per heavy atom. The Hall–Kier alpha value is -1.59. The van der Waals surface area contributed by atoms with Crippen LogP contribution in [-0.2, 0) is 9.59 Å². The standard InChI is InChI=1S/C9H14N2O4/c1-9(2)7(14)11(5-4-6(12)13)8(15)10(9)3/h4-5H2,1-3H3,(H,12,13). The molecule has 1 rings (SSSR count). The van der Waals surface area contributed by atoms with Crippen LogP contribution < -0.4 is 0 Å². The number of imide groups is 1. The Bertz CT molecular complexity index is 324. The van der Waals surface area contributed by atoms with E-state index in [0.717, 1.165) is 4.90 Å². The third kappa shape index (κ3) is 1.79. The van der Waals surface area contributed by atoms with Gasteiger partial charge in [0.1, 0.15) is 5.54 Å². The number of rotatable bonds is 3. The predicted molar refractivity (Wildman–Crippen MR) is 51.2 cm³/mol. The molecule has 0 radical (unpaired) electrons. The number of urea groups is 1. The maximum atomic E-state index is 11.7. The lowest BCUT2D eigenvalue weighted by atomic mass is 10.1. The zero-order valence-electron chi connectivity index (χ0n) is 8.98. The summed E-state index contributed by atoms with van der Waals surface area (Å²) < 4.78 is 0. The lowest BCUT2D eigenvalue weighted by Crippen LogP contribution is -2.41. The molecule has 1 fully saturated rings. The number of amides is 3. The maximum Gasteiger partial charge on any atom is 0.327 e. The van der Waals surface area contributed by atoms with E-state index in [0.29, 0.717) is 0 Å². The van der Waals surface area contributed by atoms with Gasteiger partial charge in [-0.1, -0.05) is 0 Å². The first-order valence-corrected chi connectivity index (χ1v) is 4.60. The minimum absolute atomic E-state index is 0.0687. The van der Waals surface area contributed by atoms with Crippen LogP contribution in [0.2, 0.25) is 0 Å². The van der Waals surface area contributed by atoms with E-state index in [1.54, 1.807) is 13.8 Å². The molecular weight excluding hydrogens is 200 g/mol. The zero-order chi connectivity index (χ0) is 11.8. The van der Waals surface area contributed by atoms with Gasteiger partial charge >= 0.3 is 12.0 Å². The summed E-state index contributed by atoms with van der Waals surface area (Å²) in [5.74, 6) is -1.38. The monoisotopic (exact) mass is 214 g/mol. The van der Waals surface area contributed by atoms with Gasteiger partial charge in [0.15, 0.2) is 0 Å². The molecule has 6 heteroatoms. The summed E-state index contributed by atoms with van der Waals surface area (Å²) in [6.07, 6.45) is -0.221. The molecule has 1 N–H and O–H groups in total. The highest BCUT2D eigenvalue weighted by Crippen LogP contribution is 2.25. The number of likely N-dealkylation sites (N-methyl/N-ethyl adjacent to an activating group) is 1. The quantitative estimate of drug-likeness (QED) is 0.677. The number of hydrogen-bond donors (Lipinski definition) is 1. The van der Waals surface area contributed by atoms with Crippen LogP contribution in [-0.4, -0.2) is 51.9 Å². The smallest absolute Gasteiger partial charge is 0.327 e. The number of carboxylic acid groups (broad SMARTS) is 1. The van der Waals surface area contributed by atoms with E-state index < -0.39 is 17.5 Å². The molecular formula is C9H14N2O4. The molecule has 0 unspecified atom stereocenters. The molecule has 15 heavy (non-hydrogen) atoms. The van der Waals surface area contributed by atoms with Crippen molar-refractivity contribution < 1.29 is 19.5 Å². The first-order valence-electron chi connectivity index (χ1n) is 4.60. The van der Waals surface area contributed by atoms with Gasteiger partial charge in [-0.2, -0.15) is 0 Å². The second-order valence-corrected chi connectivity index (χ2v) is 4.00. The van der Waals surface area contributed by atoms with E-state index in [1.165, 1.54) is 11.9 Å². The van der Waals surface area contributed by atoms with E-state index in [-0.39, 0.29) is 18.9 Å². The topological polar surface area (TPSA) is 77.9 Å². The Morgan fingerprint density at radius 3 is 2.27 bits per heavy atom. The summed E-state index contributed by atoms with van der Waals surface area (Å²) in [4.78, 5) is 36.0. The fourth-order valence-electron chi connectivity index (χ4n) is 1.39. The molecule has 1 heterocycles. The van der Waals surface area contributed by atoms with Gasteiger partial charge in [-0.25, -0.2) is 4.79 Å². The van der Waals surface area contributed by atoms with Gasteiger partial charge in [-0.3, -0.25) is 14.5 Å². The Morgan fingerprint density at radius 2 is 1.93 bits per heavy atom. The van der Waals surface area contributed by atoms with Gasteiger partial charge in [0.25, 0.3) is 5.91 Å². The van der Waals surface area contributed by atoms with Crippen LogP contribution in [0.25, 0.3) is 0 Å². The molecule has 3 amide bonds. The molecule has 0 aromatic heterocycles. The lowest BCUT2D eigenvalue weighted by Gasteiger charge is -2.22. The van der Waals surface area contributed by atoms with E-state index in [1.807, 2.05) is 0 Å². The van der Waals surface area contributed by atoms with Gasteiger partial charge in [0.05, 0.1) is 6.42 Å². The third-order valence-corrected chi connectivity index (χ3v) is 2.67. The fraction of sp³-hybridized carbons (Fsp3) is 0.667. The molecule has 6 nitrogen and oxygen atoms in total. The Labute approximate surface area is 87.5 Å². The van der Waals surface area contributed by atoms with Crippen LogP contribution in [0.5, 0.6) is 0 Å². The molecule has 0 atom stereocenters. The normalized spacial score (nSPS) is 19.9. The third-order valence-electron chi connectivity index (χ3n) is 2.67. The van der Waals surface area contributed by atoms with Gasteiger partial charge in [0, 0.05) is 13.6 Å². The van der Waals surface area contributed by atoms with Crippen molar-refractivity contribution in [3.8, 4) is 0 Å². The highest BCUT2D eigenvalue weighted by molar-refractivity contribution is 6.06. The van der Waals surface area contributed by atoms with E-state index in [2.05, 4.69) is 0 Å². The number of aliphatic carboxylic acids is 1. The average Bonchev–Trinajstić information content (AvgIpc) is 2.27. The molecule has 0 saturated carbocycles. The van der Waals surface area contributed by atoms with Crippen LogP contribution >= 0.6 is 0 Å². The number of carboxylic acids is 1. The van der Waals surface area contributed by atoms with Crippen molar-refractivity contribution in [2.45, 2.75) is 25.8 Å². The van der Waals surface area contributed by atoms with Crippen molar-refractivity contribution in [1.82, 2.24) is 9.80 Å². The molecule has 0 aliphatic carbocycles. The first kappa shape index (κ1) is 11.5. The summed E-state index contributed by atoms with van der Waals surface area (Å²) >= 11 is 0. The van der Waals surface area contributed by atoms with Crippen molar-refractivity contribution in [2.75, 3.05) is 13.6 Å². The van der Waals surface area contributed by atoms with Gasteiger partial charge in [-0.05, 0) is 13.8 Å². The summed E-state index contributed by atoms with van der Waals surface area (Å²) in [5.41, 5.74) is -0.879. The van der Waals surface area contributed by atoms with Gasteiger partial charge in [-0.15, -0.1) is 0 Å². The molecule has 1 saturated heterocycles. The summed E-state index contributed by atoms with van der Waals surface area (Å²) in [5, 5.41) is 8.48. The molecule has 0 aromatic carbocycles. The Balaban J connectivity index is 2.80. The van der Waals surface area contributed by atoms with Crippen molar-refractivity contribution in [1.29, 1.82) is 0 Å². The first-order chi connectivity index (χ1) is 6.78. The highest BCUT2D eigenvalue weighted by Gasteiger charge is 2.48. The zero-order valence-corrected chi connectivity index (χ0v) is 8.98. The van der Waals surface area contributed by atoms with Crippen molar-refractivity contribution >= 4 is 17.9 Å². The van der Waals surface area contributed by atoms with E-state index >= 15 is 0 Å². The number of hydrogen-bond acceptors (Lipinski definition) is 3. The summed E-state index contributed by atoms with van der Waals surface area (Å²) in [6.45, 7) is 3.20. The van der Waals surface area contributed by atoms with Gasteiger partial charge in [0.2, 0.25) is 0 Å². The Kier molecular flexibility index (Phi) is 2.70. The fourth-order valence-corrected chi connectivity index (χ4v) is 1.39. The number of carbonyl (C=O) groups excluding carboxylic acids is 2. The second kappa shape index (κ2) is 3.52. The minimum atomic E-state index is -1.03. The molecule has 1 aliphatic heterocycles. The van der Waals surface area contributed by atoms with Crippen molar-refractivity contribution in [3.05, 3.63) is 0 Å². The predicted octanol–water partition coefficient (Wildman–Crippen LogP) is 0.134. The molecule has 0 bridgehead atoms. The van der Waals surface area contributed by atoms with Crippen LogP contribution in [0.4, 0.5) is 4.79 Å². The molecule has 84 valence electrons. The molecule has 1 aliphatic rings. The highest BCUT2D eigenvalue weighted by atomic mass is 16.4. The SMILES string of the molecule is CN1C(=O)N(CCC(=O)O)C(=O)C1(C)C. The van der Waals surface area contributed by atoms with Crippen LogP contribution in [0.3, 0.4) is 0 Å². The van der Waals surface area contributed by atoms with E-state index in [4.69, 9.17) is 5.11 Å².